The first kappa shape index (κ1) is 16.3. The van der Waals surface area contributed by atoms with Crippen molar-refractivity contribution in [1.82, 2.24) is 4.90 Å². The summed E-state index contributed by atoms with van der Waals surface area (Å²) in [5.41, 5.74) is 0. The van der Waals surface area contributed by atoms with E-state index in [1.54, 1.807) is 11.8 Å². The molecule has 2 unspecified atom stereocenters. The van der Waals surface area contributed by atoms with Gasteiger partial charge in [-0.15, -0.1) is 0 Å². The number of nitrogens with zero attached hydrogens (tertiary/aromatic N) is 1. The van der Waals surface area contributed by atoms with Crippen LogP contribution in [-0.4, -0.2) is 47.7 Å². The zero-order chi connectivity index (χ0) is 15.2. The molecule has 2 atom stereocenters. The van der Waals surface area contributed by atoms with Gasteiger partial charge in [0.15, 0.2) is 0 Å². The summed E-state index contributed by atoms with van der Waals surface area (Å²) in [6.07, 6.45) is 7.40. The summed E-state index contributed by atoms with van der Waals surface area (Å²) in [5.74, 6) is -1.15. The fraction of sp³-hybridized carbons (Fsp3) is 0.875. The molecule has 2 fully saturated rings. The van der Waals surface area contributed by atoms with Crippen molar-refractivity contribution >= 4 is 11.9 Å². The fourth-order valence-electron chi connectivity index (χ4n) is 3.31. The van der Waals surface area contributed by atoms with Crippen molar-refractivity contribution in [2.75, 3.05) is 19.7 Å². The van der Waals surface area contributed by atoms with Crippen LogP contribution >= 0.6 is 0 Å². The van der Waals surface area contributed by atoms with Crippen molar-refractivity contribution in [3.05, 3.63) is 0 Å². The molecule has 1 saturated heterocycles. The molecule has 2 aliphatic rings. The van der Waals surface area contributed by atoms with Crippen LogP contribution in [0.2, 0.25) is 0 Å². The van der Waals surface area contributed by atoms with Gasteiger partial charge in [0.25, 0.3) is 0 Å². The highest BCUT2D eigenvalue weighted by atomic mass is 16.5. The normalized spacial score (nSPS) is 24.7. The molecule has 1 N–H and O–H groups in total. The lowest BCUT2D eigenvalue weighted by molar-refractivity contribution is -0.145. The summed E-state index contributed by atoms with van der Waals surface area (Å²) >= 11 is 0. The lowest BCUT2D eigenvalue weighted by atomic mass is 9.88. The van der Waals surface area contributed by atoms with E-state index >= 15 is 0 Å². The molecule has 0 radical (unpaired) electrons. The quantitative estimate of drug-likeness (QED) is 0.817. The highest BCUT2D eigenvalue weighted by molar-refractivity contribution is 5.80. The third-order valence-corrected chi connectivity index (χ3v) is 4.63. The van der Waals surface area contributed by atoms with Gasteiger partial charge in [-0.25, -0.2) is 0 Å². The van der Waals surface area contributed by atoms with Crippen LogP contribution in [0, 0.1) is 11.8 Å². The molecule has 0 aromatic rings. The van der Waals surface area contributed by atoms with Gasteiger partial charge in [0, 0.05) is 25.6 Å². The highest BCUT2D eigenvalue weighted by Crippen LogP contribution is 2.26. The number of carbonyl (C=O) groups is 2. The third kappa shape index (κ3) is 4.70. The van der Waals surface area contributed by atoms with Crippen LogP contribution in [0.15, 0.2) is 0 Å². The molecule has 0 aromatic heterocycles. The monoisotopic (exact) mass is 297 g/mol. The van der Waals surface area contributed by atoms with E-state index in [1.807, 2.05) is 0 Å². The average Bonchev–Trinajstić information content (AvgIpc) is 2.99. The fourth-order valence-corrected chi connectivity index (χ4v) is 3.31. The van der Waals surface area contributed by atoms with E-state index in [0.717, 1.165) is 45.1 Å². The zero-order valence-corrected chi connectivity index (χ0v) is 12.9. The summed E-state index contributed by atoms with van der Waals surface area (Å²) in [6, 6.07) is 0. The Balaban J connectivity index is 1.98. The van der Waals surface area contributed by atoms with Crippen molar-refractivity contribution < 1.29 is 19.4 Å². The number of rotatable bonds is 6. The number of amides is 1. The minimum atomic E-state index is -0.844. The van der Waals surface area contributed by atoms with Crippen LogP contribution in [0.3, 0.4) is 0 Å². The average molecular weight is 297 g/mol. The molecule has 5 nitrogen and oxygen atoms in total. The maximum atomic E-state index is 12.7. The van der Waals surface area contributed by atoms with Gasteiger partial charge in [-0.05, 0) is 25.7 Å². The van der Waals surface area contributed by atoms with E-state index in [1.165, 1.54) is 6.42 Å². The van der Waals surface area contributed by atoms with Crippen LogP contribution in [0.5, 0.6) is 0 Å². The Morgan fingerprint density at radius 1 is 1.19 bits per heavy atom. The van der Waals surface area contributed by atoms with Crippen LogP contribution < -0.4 is 0 Å². The molecular weight excluding hydrogens is 270 g/mol. The number of carboxylic acid groups (broad SMARTS) is 1. The van der Waals surface area contributed by atoms with Gasteiger partial charge in [0.2, 0.25) is 5.91 Å². The smallest absolute Gasteiger partial charge is 0.308 e. The first-order chi connectivity index (χ1) is 10.1. The van der Waals surface area contributed by atoms with E-state index in [0.29, 0.717) is 13.1 Å². The van der Waals surface area contributed by atoms with Gasteiger partial charge in [0.05, 0.1) is 12.0 Å². The molecule has 1 aliphatic heterocycles. The predicted molar refractivity (Wildman–Crippen MR) is 78.9 cm³/mol. The minimum absolute atomic E-state index is 0.0820. The Labute approximate surface area is 126 Å². The maximum absolute atomic E-state index is 12.7. The number of carboxylic acids is 1. The molecule has 1 saturated carbocycles. The molecule has 21 heavy (non-hydrogen) atoms. The van der Waals surface area contributed by atoms with Crippen LogP contribution in [0.4, 0.5) is 0 Å². The Bertz CT molecular complexity index is 359. The molecule has 1 aliphatic carbocycles. The van der Waals surface area contributed by atoms with Gasteiger partial charge in [-0.2, -0.15) is 0 Å². The molecular formula is C16H27NO4. The summed E-state index contributed by atoms with van der Waals surface area (Å²) in [7, 11) is 0. The number of carbonyl (C=O) groups excluding carboxylic acids is 1. The van der Waals surface area contributed by atoms with Crippen molar-refractivity contribution in [3.8, 4) is 0 Å². The second-order valence-electron chi connectivity index (χ2n) is 6.45. The number of ether oxygens (including phenoxy) is 1. The Hall–Kier alpha value is -1.10. The molecule has 5 heteroatoms. The standard InChI is InChI=1S/C16H27NO4/c1-12(16(19)20)10-17(11-14-8-5-9-21-14)15(18)13-6-3-2-4-7-13/h12-14H,2-11H2,1H3,(H,19,20). The first-order valence-corrected chi connectivity index (χ1v) is 8.21. The van der Waals surface area contributed by atoms with Crippen LogP contribution in [0.1, 0.15) is 51.9 Å². The Morgan fingerprint density at radius 2 is 1.90 bits per heavy atom. The molecule has 0 aromatic carbocycles. The van der Waals surface area contributed by atoms with Gasteiger partial charge < -0.3 is 14.7 Å². The lowest BCUT2D eigenvalue weighted by Crippen LogP contribution is -2.44. The van der Waals surface area contributed by atoms with E-state index in [9.17, 15) is 9.59 Å². The van der Waals surface area contributed by atoms with Gasteiger partial charge in [-0.1, -0.05) is 26.2 Å². The van der Waals surface area contributed by atoms with Crippen molar-refractivity contribution in [2.24, 2.45) is 11.8 Å². The maximum Gasteiger partial charge on any atom is 0.308 e. The van der Waals surface area contributed by atoms with E-state index in [-0.39, 0.29) is 17.9 Å². The summed E-state index contributed by atoms with van der Waals surface area (Å²) < 4.78 is 5.62. The second-order valence-corrected chi connectivity index (χ2v) is 6.45. The number of aliphatic carboxylic acids is 1. The van der Waals surface area contributed by atoms with Crippen molar-refractivity contribution in [3.63, 3.8) is 0 Å². The molecule has 0 bridgehead atoms. The highest BCUT2D eigenvalue weighted by Gasteiger charge is 2.30. The second kappa shape index (κ2) is 7.78. The summed E-state index contributed by atoms with van der Waals surface area (Å²) in [4.78, 5) is 25.6. The Morgan fingerprint density at radius 3 is 2.48 bits per heavy atom. The van der Waals surface area contributed by atoms with Gasteiger partial charge >= 0.3 is 5.97 Å². The van der Waals surface area contributed by atoms with Crippen LogP contribution in [0.25, 0.3) is 0 Å². The summed E-state index contributed by atoms with van der Waals surface area (Å²) in [5, 5.41) is 9.11. The third-order valence-electron chi connectivity index (χ3n) is 4.63. The SMILES string of the molecule is CC(CN(CC1CCCO1)C(=O)C1CCCCC1)C(=O)O. The van der Waals surface area contributed by atoms with E-state index in [4.69, 9.17) is 9.84 Å². The summed E-state index contributed by atoms with van der Waals surface area (Å²) in [6.45, 7) is 3.26. The van der Waals surface area contributed by atoms with Gasteiger partial charge in [0.1, 0.15) is 0 Å². The topological polar surface area (TPSA) is 66.8 Å². The number of hydrogen-bond acceptors (Lipinski definition) is 3. The lowest BCUT2D eigenvalue weighted by Gasteiger charge is -2.32. The van der Waals surface area contributed by atoms with E-state index < -0.39 is 11.9 Å². The Kier molecular flexibility index (Phi) is 6.03. The number of hydrogen-bond donors (Lipinski definition) is 1. The zero-order valence-electron chi connectivity index (χ0n) is 12.9. The van der Waals surface area contributed by atoms with E-state index in [2.05, 4.69) is 0 Å². The molecule has 120 valence electrons. The minimum Gasteiger partial charge on any atom is -0.481 e. The molecule has 1 heterocycles. The predicted octanol–water partition coefficient (Wildman–Crippen LogP) is 2.29. The van der Waals surface area contributed by atoms with Crippen molar-refractivity contribution in [1.29, 1.82) is 0 Å². The van der Waals surface area contributed by atoms with Crippen LogP contribution in [-0.2, 0) is 14.3 Å². The first-order valence-electron chi connectivity index (χ1n) is 8.21. The molecule has 1 amide bonds. The molecule has 0 spiro atoms. The van der Waals surface area contributed by atoms with Crippen molar-refractivity contribution in [2.45, 2.75) is 58.0 Å². The largest absolute Gasteiger partial charge is 0.481 e. The molecule has 2 rings (SSSR count). The van der Waals surface area contributed by atoms with Gasteiger partial charge in [-0.3, -0.25) is 9.59 Å².